The Labute approximate surface area is 124 Å². The van der Waals surface area contributed by atoms with Gasteiger partial charge >= 0.3 is 0 Å². The minimum absolute atomic E-state index is 0.124. The number of hydrogen-bond acceptors (Lipinski definition) is 1. The second kappa shape index (κ2) is 11.5. The van der Waals surface area contributed by atoms with Crippen molar-refractivity contribution in [2.45, 2.75) is 71.1 Å². The Morgan fingerprint density at radius 3 is 2.10 bits per heavy atom. The third kappa shape index (κ3) is 8.73. The van der Waals surface area contributed by atoms with Crippen molar-refractivity contribution in [2.24, 2.45) is 0 Å². The van der Waals surface area contributed by atoms with Crippen LogP contribution < -0.4 is 5.32 Å². The lowest BCUT2D eigenvalue weighted by Crippen LogP contribution is -2.10. The van der Waals surface area contributed by atoms with Crippen LogP contribution in [-0.4, -0.2) is 5.91 Å². The van der Waals surface area contributed by atoms with Gasteiger partial charge in [-0.05, 0) is 24.6 Å². The number of hydrogen-bond donors (Lipinski definition) is 1. The molecule has 2 nitrogen and oxygen atoms in total. The number of benzene rings is 1. The maximum atomic E-state index is 11.7. The number of amides is 1. The Bertz CT molecular complexity index is 348. The predicted octanol–water partition coefficient (Wildman–Crippen LogP) is 5.35. The van der Waals surface area contributed by atoms with Crippen LogP contribution in [0.5, 0.6) is 0 Å². The van der Waals surface area contributed by atoms with Crippen molar-refractivity contribution in [1.82, 2.24) is 0 Å². The summed E-state index contributed by atoms with van der Waals surface area (Å²) in [7, 11) is 0. The SMILES string of the molecule is CCCCCCCCCCCC(=O)Nc1cc[c]cc1. The minimum Gasteiger partial charge on any atom is -0.326 e. The number of nitrogens with one attached hydrogen (secondary N) is 1. The van der Waals surface area contributed by atoms with Gasteiger partial charge in [0.25, 0.3) is 0 Å². The molecule has 1 amide bonds. The van der Waals surface area contributed by atoms with Gasteiger partial charge in [0.05, 0.1) is 0 Å². The molecule has 1 aromatic rings. The van der Waals surface area contributed by atoms with Gasteiger partial charge < -0.3 is 5.32 Å². The predicted molar refractivity (Wildman–Crippen MR) is 85.8 cm³/mol. The maximum Gasteiger partial charge on any atom is 0.224 e. The Morgan fingerprint density at radius 2 is 1.50 bits per heavy atom. The third-order valence-electron chi connectivity index (χ3n) is 3.51. The lowest BCUT2D eigenvalue weighted by atomic mass is 10.1. The smallest absolute Gasteiger partial charge is 0.224 e. The molecular formula is C18H28NO. The number of carbonyl (C=O) groups excluding carboxylic acids is 1. The highest BCUT2D eigenvalue weighted by molar-refractivity contribution is 5.90. The molecule has 1 aromatic carbocycles. The van der Waals surface area contributed by atoms with Gasteiger partial charge in [-0.25, -0.2) is 0 Å². The van der Waals surface area contributed by atoms with Gasteiger partial charge in [-0.3, -0.25) is 4.79 Å². The van der Waals surface area contributed by atoms with E-state index in [1.165, 1.54) is 51.4 Å². The molecule has 0 aliphatic carbocycles. The van der Waals surface area contributed by atoms with Crippen LogP contribution in [0.4, 0.5) is 5.69 Å². The van der Waals surface area contributed by atoms with E-state index in [0.717, 1.165) is 12.1 Å². The molecule has 1 rings (SSSR count). The van der Waals surface area contributed by atoms with Crippen molar-refractivity contribution >= 4 is 11.6 Å². The van der Waals surface area contributed by atoms with Gasteiger partial charge in [0.1, 0.15) is 0 Å². The van der Waals surface area contributed by atoms with Gasteiger partial charge in [-0.2, -0.15) is 0 Å². The summed E-state index contributed by atoms with van der Waals surface area (Å²) >= 11 is 0. The lowest BCUT2D eigenvalue weighted by Gasteiger charge is -2.05. The topological polar surface area (TPSA) is 29.1 Å². The molecule has 0 heterocycles. The molecule has 0 aromatic heterocycles. The first-order chi connectivity index (χ1) is 9.83. The molecular weight excluding hydrogens is 246 g/mol. The minimum atomic E-state index is 0.124. The van der Waals surface area contributed by atoms with E-state index in [1.807, 2.05) is 24.3 Å². The fourth-order valence-electron chi connectivity index (χ4n) is 2.29. The zero-order valence-electron chi connectivity index (χ0n) is 12.8. The van der Waals surface area contributed by atoms with Crippen molar-refractivity contribution < 1.29 is 4.79 Å². The van der Waals surface area contributed by atoms with E-state index >= 15 is 0 Å². The molecule has 0 fully saturated rings. The molecule has 111 valence electrons. The van der Waals surface area contributed by atoms with E-state index < -0.39 is 0 Å². The highest BCUT2D eigenvalue weighted by Crippen LogP contribution is 2.11. The summed E-state index contributed by atoms with van der Waals surface area (Å²) in [5.41, 5.74) is 0.865. The fourth-order valence-corrected chi connectivity index (χ4v) is 2.29. The normalized spacial score (nSPS) is 10.4. The van der Waals surface area contributed by atoms with E-state index in [-0.39, 0.29) is 5.91 Å². The van der Waals surface area contributed by atoms with Crippen LogP contribution in [0.2, 0.25) is 0 Å². The van der Waals surface area contributed by atoms with E-state index in [4.69, 9.17) is 0 Å². The highest BCUT2D eigenvalue weighted by Gasteiger charge is 2.01. The average Bonchev–Trinajstić information content (AvgIpc) is 2.46. The molecule has 0 spiro atoms. The van der Waals surface area contributed by atoms with Crippen LogP contribution in [0.1, 0.15) is 71.1 Å². The van der Waals surface area contributed by atoms with Crippen LogP contribution in [0, 0.1) is 6.07 Å². The summed E-state index contributed by atoms with van der Waals surface area (Å²) in [5, 5.41) is 2.91. The summed E-state index contributed by atoms with van der Waals surface area (Å²) < 4.78 is 0. The van der Waals surface area contributed by atoms with Crippen LogP contribution in [-0.2, 0) is 4.79 Å². The molecule has 20 heavy (non-hydrogen) atoms. The van der Waals surface area contributed by atoms with Crippen molar-refractivity contribution in [3.8, 4) is 0 Å². The number of unbranched alkanes of at least 4 members (excludes halogenated alkanes) is 8. The molecule has 0 unspecified atom stereocenters. The van der Waals surface area contributed by atoms with Gasteiger partial charge in [-0.1, -0.05) is 70.4 Å². The maximum absolute atomic E-state index is 11.7. The summed E-state index contributed by atoms with van der Waals surface area (Å²) in [6, 6.07) is 10.3. The average molecular weight is 274 g/mol. The highest BCUT2D eigenvalue weighted by atomic mass is 16.1. The van der Waals surface area contributed by atoms with Crippen molar-refractivity contribution in [3.63, 3.8) is 0 Å². The van der Waals surface area contributed by atoms with Crippen molar-refractivity contribution in [1.29, 1.82) is 0 Å². The van der Waals surface area contributed by atoms with E-state index in [9.17, 15) is 4.79 Å². The van der Waals surface area contributed by atoms with Crippen LogP contribution in [0.15, 0.2) is 24.3 Å². The molecule has 0 saturated carbocycles. The van der Waals surface area contributed by atoms with Gasteiger partial charge in [0.15, 0.2) is 0 Å². The largest absolute Gasteiger partial charge is 0.326 e. The third-order valence-corrected chi connectivity index (χ3v) is 3.51. The fraction of sp³-hybridized carbons (Fsp3) is 0.611. The van der Waals surface area contributed by atoms with E-state index in [2.05, 4.69) is 18.3 Å². The summed E-state index contributed by atoms with van der Waals surface area (Å²) in [4.78, 5) is 11.7. The lowest BCUT2D eigenvalue weighted by molar-refractivity contribution is -0.116. The first-order valence-electron chi connectivity index (χ1n) is 8.09. The Balaban J connectivity index is 1.92. The standard InChI is InChI=1S/C18H28NO/c1-2-3-4-5-6-7-8-9-13-16-18(20)19-17-14-11-10-12-15-17/h11-12,14-15H,2-9,13,16H2,1H3,(H,19,20). The molecule has 1 radical (unpaired) electrons. The quantitative estimate of drug-likeness (QED) is 0.542. The Morgan fingerprint density at radius 1 is 0.950 bits per heavy atom. The van der Waals surface area contributed by atoms with Gasteiger partial charge in [0.2, 0.25) is 5.91 Å². The second-order valence-corrected chi connectivity index (χ2v) is 5.42. The van der Waals surface area contributed by atoms with Gasteiger partial charge in [-0.15, -0.1) is 0 Å². The molecule has 0 aliphatic heterocycles. The molecule has 0 aliphatic rings. The monoisotopic (exact) mass is 274 g/mol. The summed E-state index contributed by atoms with van der Waals surface area (Å²) in [5.74, 6) is 0.124. The first kappa shape index (κ1) is 16.7. The number of carbonyl (C=O) groups is 1. The molecule has 1 N–H and O–H groups in total. The first-order valence-corrected chi connectivity index (χ1v) is 8.09. The zero-order chi connectivity index (χ0) is 14.5. The van der Waals surface area contributed by atoms with Crippen molar-refractivity contribution in [2.75, 3.05) is 5.32 Å². The van der Waals surface area contributed by atoms with E-state index in [1.54, 1.807) is 0 Å². The number of rotatable bonds is 11. The summed E-state index contributed by atoms with van der Waals surface area (Å²) in [6.07, 6.45) is 12.2. The van der Waals surface area contributed by atoms with Crippen molar-refractivity contribution in [3.05, 3.63) is 30.3 Å². The summed E-state index contributed by atoms with van der Waals surface area (Å²) in [6.45, 7) is 2.25. The van der Waals surface area contributed by atoms with Crippen LogP contribution in [0.3, 0.4) is 0 Å². The Kier molecular flexibility index (Phi) is 9.64. The molecule has 0 atom stereocenters. The molecule has 0 bridgehead atoms. The molecule has 2 heteroatoms. The van der Waals surface area contributed by atoms with Crippen LogP contribution in [0.25, 0.3) is 0 Å². The molecule has 0 saturated heterocycles. The second-order valence-electron chi connectivity index (χ2n) is 5.42. The van der Waals surface area contributed by atoms with Crippen LogP contribution >= 0.6 is 0 Å². The van der Waals surface area contributed by atoms with E-state index in [0.29, 0.717) is 6.42 Å². The number of anilines is 1. The zero-order valence-corrected chi connectivity index (χ0v) is 12.8. The Hall–Kier alpha value is -1.31. The van der Waals surface area contributed by atoms with Gasteiger partial charge in [0, 0.05) is 12.1 Å².